The molecule has 0 bridgehead atoms. The summed E-state index contributed by atoms with van der Waals surface area (Å²) in [6.45, 7) is 3.55. The number of thiophene rings is 1. The highest BCUT2D eigenvalue weighted by Gasteiger charge is 2.27. The van der Waals surface area contributed by atoms with Crippen LogP contribution in [0.25, 0.3) is 0 Å². The van der Waals surface area contributed by atoms with E-state index in [1.807, 2.05) is 0 Å². The fourth-order valence-corrected chi connectivity index (χ4v) is 5.13. The Bertz CT molecular complexity index is 599. The van der Waals surface area contributed by atoms with E-state index in [2.05, 4.69) is 34.7 Å². The quantitative estimate of drug-likeness (QED) is 0.404. The third kappa shape index (κ3) is 6.04. The molecule has 0 saturated carbocycles. The van der Waals surface area contributed by atoms with Crippen LogP contribution in [-0.4, -0.2) is 39.5 Å². The summed E-state index contributed by atoms with van der Waals surface area (Å²) >= 11 is 1.80. The van der Waals surface area contributed by atoms with Crippen LogP contribution in [0.1, 0.15) is 23.1 Å². The van der Waals surface area contributed by atoms with Crippen LogP contribution in [-0.2, 0) is 22.8 Å². The van der Waals surface area contributed by atoms with Crippen LogP contribution in [0.2, 0.25) is 0 Å². The zero-order valence-electron chi connectivity index (χ0n) is 13.0. The third-order valence-electron chi connectivity index (χ3n) is 3.60. The van der Waals surface area contributed by atoms with Gasteiger partial charge in [0.1, 0.15) is 0 Å². The molecule has 22 heavy (non-hydrogen) atoms. The molecule has 0 aliphatic carbocycles. The lowest BCUT2D eigenvalue weighted by atomic mass is 10.1. The number of aliphatic imine (C=N–C) groups is 1. The van der Waals surface area contributed by atoms with Crippen LogP contribution in [0.15, 0.2) is 17.1 Å². The molecule has 126 valence electrons. The van der Waals surface area contributed by atoms with Crippen LogP contribution in [0.3, 0.4) is 0 Å². The second kappa shape index (κ2) is 9.07. The minimum atomic E-state index is -2.80. The van der Waals surface area contributed by atoms with Crippen molar-refractivity contribution in [1.82, 2.24) is 10.6 Å². The van der Waals surface area contributed by atoms with Gasteiger partial charge in [0, 0.05) is 23.3 Å². The Morgan fingerprint density at radius 3 is 2.64 bits per heavy atom. The minimum absolute atomic E-state index is 0. The van der Waals surface area contributed by atoms with E-state index in [-0.39, 0.29) is 29.9 Å². The molecule has 0 radical (unpaired) electrons. The molecular weight excluding hydrogens is 433 g/mol. The molecule has 0 spiro atoms. The lowest BCUT2D eigenvalue weighted by molar-refractivity contribution is 0.567. The SMILES string of the molecule is CCc1ccc(CNC(=NC)NCC2CCS(=O)(=O)C2)s1.I. The molecule has 1 atom stereocenters. The number of nitrogens with zero attached hydrogens (tertiary/aromatic N) is 1. The number of nitrogens with one attached hydrogen (secondary N) is 2. The zero-order valence-corrected chi connectivity index (χ0v) is 16.9. The van der Waals surface area contributed by atoms with Crippen molar-refractivity contribution in [2.24, 2.45) is 10.9 Å². The lowest BCUT2D eigenvalue weighted by Crippen LogP contribution is -2.39. The Labute approximate surface area is 153 Å². The Hall–Kier alpha value is -0.350. The highest BCUT2D eigenvalue weighted by molar-refractivity contribution is 14.0. The molecule has 2 N–H and O–H groups in total. The summed E-state index contributed by atoms with van der Waals surface area (Å²) in [7, 11) is -1.08. The monoisotopic (exact) mass is 457 g/mol. The van der Waals surface area contributed by atoms with Crippen molar-refractivity contribution in [2.45, 2.75) is 26.3 Å². The van der Waals surface area contributed by atoms with Crippen molar-refractivity contribution in [2.75, 3.05) is 25.1 Å². The molecule has 5 nitrogen and oxygen atoms in total. The van der Waals surface area contributed by atoms with Crippen LogP contribution in [0, 0.1) is 5.92 Å². The first kappa shape index (κ1) is 19.7. The largest absolute Gasteiger partial charge is 0.356 e. The van der Waals surface area contributed by atoms with Gasteiger partial charge in [0.15, 0.2) is 15.8 Å². The predicted molar refractivity (Wildman–Crippen MR) is 104 cm³/mol. The highest BCUT2D eigenvalue weighted by Crippen LogP contribution is 2.18. The first-order valence-electron chi connectivity index (χ1n) is 7.25. The summed E-state index contributed by atoms with van der Waals surface area (Å²) < 4.78 is 22.8. The molecule has 1 aromatic rings. The number of hydrogen-bond acceptors (Lipinski definition) is 4. The summed E-state index contributed by atoms with van der Waals surface area (Å²) in [5, 5.41) is 6.49. The number of halogens is 1. The maximum absolute atomic E-state index is 11.4. The topological polar surface area (TPSA) is 70.6 Å². The van der Waals surface area contributed by atoms with Crippen molar-refractivity contribution < 1.29 is 8.42 Å². The van der Waals surface area contributed by atoms with E-state index in [1.165, 1.54) is 9.75 Å². The molecule has 1 saturated heterocycles. The number of sulfone groups is 1. The van der Waals surface area contributed by atoms with Crippen molar-refractivity contribution in [1.29, 1.82) is 0 Å². The van der Waals surface area contributed by atoms with Gasteiger partial charge in [0.2, 0.25) is 0 Å². The molecule has 8 heteroatoms. The summed E-state index contributed by atoms with van der Waals surface area (Å²) in [4.78, 5) is 6.83. The summed E-state index contributed by atoms with van der Waals surface area (Å²) in [5.74, 6) is 1.54. The maximum atomic E-state index is 11.4. The molecule has 1 fully saturated rings. The average molecular weight is 457 g/mol. The minimum Gasteiger partial charge on any atom is -0.356 e. The van der Waals surface area contributed by atoms with Gasteiger partial charge in [-0.2, -0.15) is 0 Å². The molecular formula is C14H24IN3O2S2. The van der Waals surface area contributed by atoms with Gasteiger partial charge >= 0.3 is 0 Å². The Kier molecular flexibility index (Phi) is 8.12. The Morgan fingerprint density at radius 1 is 1.36 bits per heavy atom. The van der Waals surface area contributed by atoms with Gasteiger partial charge in [-0.25, -0.2) is 8.42 Å². The van der Waals surface area contributed by atoms with E-state index in [0.717, 1.165) is 25.3 Å². The third-order valence-corrected chi connectivity index (χ3v) is 6.67. The van der Waals surface area contributed by atoms with Crippen LogP contribution in [0.5, 0.6) is 0 Å². The van der Waals surface area contributed by atoms with E-state index in [4.69, 9.17) is 0 Å². The summed E-state index contributed by atoms with van der Waals surface area (Å²) in [6.07, 6.45) is 1.81. The van der Waals surface area contributed by atoms with E-state index < -0.39 is 9.84 Å². The van der Waals surface area contributed by atoms with Gasteiger partial charge in [-0.15, -0.1) is 35.3 Å². The molecule has 2 heterocycles. The Morgan fingerprint density at radius 2 is 2.09 bits per heavy atom. The fraction of sp³-hybridized carbons (Fsp3) is 0.643. The zero-order chi connectivity index (χ0) is 15.3. The molecule has 1 aliphatic rings. The maximum Gasteiger partial charge on any atom is 0.191 e. The van der Waals surface area contributed by atoms with Gasteiger partial charge in [-0.3, -0.25) is 4.99 Å². The average Bonchev–Trinajstić information content (AvgIpc) is 3.05. The highest BCUT2D eigenvalue weighted by atomic mass is 127. The van der Waals surface area contributed by atoms with Crippen LogP contribution < -0.4 is 10.6 Å². The van der Waals surface area contributed by atoms with Gasteiger partial charge < -0.3 is 10.6 Å². The molecule has 0 amide bonds. The van der Waals surface area contributed by atoms with Crippen molar-refractivity contribution in [3.8, 4) is 0 Å². The van der Waals surface area contributed by atoms with Crippen molar-refractivity contribution in [3.63, 3.8) is 0 Å². The number of hydrogen-bond donors (Lipinski definition) is 2. The van der Waals surface area contributed by atoms with Gasteiger partial charge in [0.05, 0.1) is 18.1 Å². The van der Waals surface area contributed by atoms with Gasteiger partial charge in [0.25, 0.3) is 0 Å². The van der Waals surface area contributed by atoms with E-state index in [9.17, 15) is 8.42 Å². The van der Waals surface area contributed by atoms with Gasteiger partial charge in [-0.05, 0) is 30.9 Å². The first-order chi connectivity index (χ1) is 10.0. The van der Waals surface area contributed by atoms with E-state index in [0.29, 0.717) is 18.1 Å². The van der Waals surface area contributed by atoms with Crippen molar-refractivity contribution >= 4 is 51.1 Å². The second-order valence-electron chi connectivity index (χ2n) is 5.30. The number of rotatable bonds is 5. The smallest absolute Gasteiger partial charge is 0.191 e. The van der Waals surface area contributed by atoms with Crippen molar-refractivity contribution in [3.05, 3.63) is 21.9 Å². The lowest BCUT2D eigenvalue weighted by Gasteiger charge is -2.14. The fourth-order valence-electron chi connectivity index (χ4n) is 2.37. The molecule has 1 aromatic heterocycles. The Balaban J connectivity index is 0.00000242. The molecule has 0 aromatic carbocycles. The molecule has 2 rings (SSSR count). The normalized spacial score (nSPS) is 20.5. The molecule has 1 aliphatic heterocycles. The van der Waals surface area contributed by atoms with Crippen LogP contribution in [0.4, 0.5) is 0 Å². The predicted octanol–water partition coefficient (Wildman–Crippen LogP) is 2.03. The number of aryl methyl sites for hydroxylation is 1. The van der Waals surface area contributed by atoms with Gasteiger partial charge in [-0.1, -0.05) is 6.92 Å². The standard InChI is InChI=1S/C14H23N3O2S2.HI/c1-3-12-4-5-13(20-12)9-17-14(15-2)16-8-11-6-7-21(18,19)10-11;/h4-5,11H,3,6-10H2,1-2H3,(H2,15,16,17);1H. The van der Waals surface area contributed by atoms with Crippen LogP contribution >= 0.6 is 35.3 Å². The first-order valence-corrected chi connectivity index (χ1v) is 9.88. The summed E-state index contributed by atoms with van der Waals surface area (Å²) in [6, 6.07) is 4.29. The molecule has 1 unspecified atom stereocenters. The van der Waals surface area contributed by atoms with E-state index in [1.54, 1.807) is 18.4 Å². The number of guanidine groups is 1. The second-order valence-corrected chi connectivity index (χ2v) is 8.78. The van der Waals surface area contributed by atoms with E-state index >= 15 is 0 Å². The summed E-state index contributed by atoms with van der Waals surface area (Å²) in [5.41, 5.74) is 0.